The van der Waals surface area contributed by atoms with E-state index in [9.17, 15) is 9.59 Å². The highest BCUT2D eigenvalue weighted by Crippen LogP contribution is 2.12. The maximum absolute atomic E-state index is 11.2. The summed E-state index contributed by atoms with van der Waals surface area (Å²) in [5.41, 5.74) is 0. The molecule has 0 N–H and O–H groups in total. The van der Waals surface area contributed by atoms with Crippen molar-refractivity contribution in [1.29, 1.82) is 0 Å². The summed E-state index contributed by atoms with van der Waals surface area (Å²) >= 11 is 0. The number of Topliss-reactive ketones (excluding diaryl/α,β-unsaturated/α-hetero) is 2. The van der Waals surface area contributed by atoms with Gasteiger partial charge >= 0.3 is 8.56 Å². The quantitative estimate of drug-likeness (QED) is 0.476. The Kier molecular flexibility index (Phi) is 5.05. The Morgan fingerprint density at radius 1 is 1.23 bits per heavy atom. The van der Waals surface area contributed by atoms with Gasteiger partial charge in [-0.05, 0) is 13.5 Å². The van der Waals surface area contributed by atoms with Crippen LogP contribution in [0.4, 0.5) is 0 Å². The highest BCUT2D eigenvalue weighted by molar-refractivity contribution is 6.69. The van der Waals surface area contributed by atoms with Crippen molar-refractivity contribution in [1.82, 2.24) is 0 Å². The van der Waals surface area contributed by atoms with Crippen LogP contribution in [0.25, 0.3) is 0 Å². The first-order valence-electron chi connectivity index (χ1n) is 4.05. The average molecular weight is 204 g/mol. The smallest absolute Gasteiger partial charge is 0.341 e. The van der Waals surface area contributed by atoms with E-state index in [0.29, 0.717) is 0 Å². The zero-order chi connectivity index (χ0) is 10.5. The molecule has 0 amide bonds. The number of hydrogen-bond donors (Lipinski definition) is 0. The molecule has 0 aliphatic heterocycles. The number of ketones is 2. The van der Waals surface area contributed by atoms with Gasteiger partial charge in [-0.3, -0.25) is 9.59 Å². The number of carbonyl (C=O) groups is 2. The molecule has 0 heterocycles. The third-order valence-corrected chi connectivity index (χ3v) is 4.59. The summed E-state index contributed by atoms with van der Waals surface area (Å²) in [6.45, 7) is 3.20. The zero-order valence-electron chi connectivity index (χ0n) is 8.55. The van der Waals surface area contributed by atoms with E-state index in [0.717, 1.165) is 0 Å². The highest BCUT2D eigenvalue weighted by atomic mass is 28.4. The summed E-state index contributed by atoms with van der Waals surface area (Å²) in [7, 11) is 0.720. The Morgan fingerprint density at radius 2 is 1.69 bits per heavy atom. The molecule has 0 aromatic carbocycles. The van der Waals surface area contributed by atoms with Gasteiger partial charge in [-0.25, -0.2) is 0 Å². The van der Waals surface area contributed by atoms with Gasteiger partial charge in [-0.2, -0.15) is 0 Å². The molecule has 4 nitrogen and oxygen atoms in total. The third-order valence-electron chi connectivity index (χ3n) is 1.83. The van der Waals surface area contributed by atoms with Crippen LogP contribution in [0.1, 0.15) is 13.3 Å². The van der Waals surface area contributed by atoms with Gasteiger partial charge in [0.25, 0.3) is 0 Å². The molecular formula is C8H16O4Si. The van der Waals surface area contributed by atoms with Gasteiger partial charge in [-0.15, -0.1) is 0 Å². The van der Waals surface area contributed by atoms with Gasteiger partial charge in [0.1, 0.15) is 11.6 Å². The number of rotatable bonds is 6. The van der Waals surface area contributed by atoms with Crippen LogP contribution in [0.2, 0.25) is 12.6 Å². The molecule has 0 aromatic heterocycles. The van der Waals surface area contributed by atoms with Crippen molar-refractivity contribution in [3.05, 3.63) is 0 Å². The minimum atomic E-state index is -2.33. The summed E-state index contributed by atoms with van der Waals surface area (Å²) in [5.74, 6) is -0.223. The second-order valence-electron chi connectivity index (χ2n) is 3.14. The minimum absolute atomic E-state index is 0.0185. The van der Waals surface area contributed by atoms with Crippen LogP contribution < -0.4 is 0 Å². The molecule has 0 atom stereocenters. The molecule has 0 radical (unpaired) electrons. The molecule has 5 heteroatoms. The lowest BCUT2D eigenvalue weighted by atomic mass is 10.2. The van der Waals surface area contributed by atoms with E-state index < -0.39 is 8.56 Å². The van der Waals surface area contributed by atoms with Gasteiger partial charge in [0, 0.05) is 14.2 Å². The first kappa shape index (κ1) is 12.5. The van der Waals surface area contributed by atoms with Crippen molar-refractivity contribution < 1.29 is 18.4 Å². The Bertz CT molecular complexity index is 198. The normalized spacial score (nSPS) is 11.4. The SMILES string of the molecule is CO[Si](C)(CC(=O)CC(C)=O)OC. The lowest BCUT2D eigenvalue weighted by Crippen LogP contribution is -2.38. The number of hydrogen-bond acceptors (Lipinski definition) is 4. The molecule has 0 spiro atoms. The second kappa shape index (κ2) is 5.26. The first-order valence-corrected chi connectivity index (χ1v) is 6.57. The van der Waals surface area contributed by atoms with Gasteiger partial charge in [-0.1, -0.05) is 0 Å². The molecule has 0 rings (SSSR count). The lowest BCUT2D eigenvalue weighted by Gasteiger charge is -2.21. The molecule has 13 heavy (non-hydrogen) atoms. The molecule has 0 aliphatic carbocycles. The van der Waals surface area contributed by atoms with Gasteiger partial charge in [0.05, 0.1) is 12.5 Å². The summed E-state index contributed by atoms with van der Waals surface area (Å²) in [4.78, 5) is 21.9. The molecule has 0 aromatic rings. The highest BCUT2D eigenvalue weighted by Gasteiger charge is 2.32. The fraction of sp³-hybridized carbons (Fsp3) is 0.750. The Morgan fingerprint density at radius 3 is 2.00 bits per heavy atom. The fourth-order valence-corrected chi connectivity index (χ4v) is 2.22. The molecule has 76 valence electrons. The van der Waals surface area contributed by atoms with Crippen molar-refractivity contribution in [3.8, 4) is 0 Å². The van der Waals surface area contributed by atoms with Gasteiger partial charge < -0.3 is 8.85 Å². The fourth-order valence-electron chi connectivity index (χ4n) is 0.926. The molecule has 0 fully saturated rings. The largest absolute Gasteiger partial charge is 0.397 e. The molecular weight excluding hydrogens is 188 g/mol. The lowest BCUT2D eigenvalue weighted by molar-refractivity contribution is -0.124. The topological polar surface area (TPSA) is 52.6 Å². The molecule has 0 unspecified atom stereocenters. The summed E-state index contributed by atoms with van der Waals surface area (Å²) in [6.07, 6.45) is -0.0185. The Hall–Kier alpha value is -0.523. The van der Waals surface area contributed by atoms with Crippen LogP contribution in [0.5, 0.6) is 0 Å². The van der Waals surface area contributed by atoms with Crippen molar-refractivity contribution in [2.24, 2.45) is 0 Å². The average Bonchev–Trinajstić information content (AvgIpc) is 2.02. The van der Waals surface area contributed by atoms with E-state index in [1.54, 1.807) is 6.55 Å². The summed E-state index contributed by atoms with van der Waals surface area (Å²) < 4.78 is 10.2. The van der Waals surface area contributed by atoms with Crippen LogP contribution in [0, 0.1) is 0 Å². The van der Waals surface area contributed by atoms with Crippen LogP contribution in [-0.4, -0.2) is 34.3 Å². The minimum Gasteiger partial charge on any atom is -0.397 e. The maximum Gasteiger partial charge on any atom is 0.341 e. The van der Waals surface area contributed by atoms with E-state index >= 15 is 0 Å². The Labute approximate surface area is 79.5 Å². The van der Waals surface area contributed by atoms with Crippen molar-refractivity contribution in [2.45, 2.75) is 25.9 Å². The molecule has 0 bridgehead atoms. The van der Waals surface area contributed by atoms with Crippen molar-refractivity contribution in [3.63, 3.8) is 0 Å². The predicted octanol–water partition coefficient (Wildman–Crippen LogP) is 0.899. The number of carbonyl (C=O) groups excluding carboxylic acids is 2. The monoisotopic (exact) mass is 204 g/mol. The van der Waals surface area contributed by atoms with Crippen molar-refractivity contribution >= 4 is 20.1 Å². The standard InChI is InChI=1S/C8H16O4Si/c1-7(9)5-8(10)6-13(4,11-2)12-3/h5-6H2,1-4H3. The van der Waals surface area contributed by atoms with E-state index in [2.05, 4.69) is 0 Å². The van der Waals surface area contributed by atoms with Crippen LogP contribution >= 0.6 is 0 Å². The van der Waals surface area contributed by atoms with E-state index in [4.69, 9.17) is 8.85 Å². The Balaban J connectivity index is 4.09. The summed E-state index contributed by atoms with van der Waals surface area (Å²) in [6, 6.07) is 0.236. The van der Waals surface area contributed by atoms with Crippen LogP contribution in [0.15, 0.2) is 0 Å². The van der Waals surface area contributed by atoms with E-state index in [-0.39, 0.29) is 24.0 Å². The summed E-state index contributed by atoms with van der Waals surface area (Å²) in [5, 5.41) is 0. The maximum atomic E-state index is 11.2. The molecule has 0 saturated heterocycles. The van der Waals surface area contributed by atoms with Gasteiger partial charge in [0.2, 0.25) is 0 Å². The predicted molar refractivity (Wildman–Crippen MR) is 50.7 cm³/mol. The molecule has 0 aliphatic rings. The molecule has 0 saturated carbocycles. The zero-order valence-corrected chi connectivity index (χ0v) is 9.55. The van der Waals surface area contributed by atoms with E-state index in [1.165, 1.54) is 21.1 Å². The van der Waals surface area contributed by atoms with Crippen LogP contribution in [-0.2, 0) is 18.4 Å². The third kappa shape index (κ3) is 4.92. The van der Waals surface area contributed by atoms with Gasteiger partial charge in [0.15, 0.2) is 0 Å². The van der Waals surface area contributed by atoms with Crippen molar-refractivity contribution in [2.75, 3.05) is 14.2 Å². The first-order chi connectivity index (χ1) is 5.93. The second-order valence-corrected chi connectivity index (χ2v) is 6.57. The van der Waals surface area contributed by atoms with Crippen LogP contribution in [0.3, 0.4) is 0 Å². The van der Waals surface area contributed by atoms with E-state index in [1.807, 2.05) is 0 Å².